The van der Waals surface area contributed by atoms with Gasteiger partial charge in [0.2, 0.25) is 0 Å². The van der Waals surface area contributed by atoms with Crippen molar-refractivity contribution in [2.24, 2.45) is 0 Å². The number of esters is 1. The number of ether oxygens (including phenoxy) is 1. The number of halogens is 1. The van der Waals surface area contributed by atoms with Crippen LogP contribution in [0, 0.1) is 5.82 Å². The van der Waals surface area contributed by atoms with E-state index in [1.54, 1.807) is 6.07 Å². The van der Waals surface area contributed by atoms with Crippen LogP contribution < -0.4 is 5.32 Å². The Bertz CT molecular complexity index is 381. The zero-order valence-corrected chi connectivity index (χ0v) is 10.4. The number of rotatable bonds is 5. The van der Waals surface area contributed by atoms with Gasteiger partial charge in [-0.15, -0.1) is 0 Å². The Balaban J connectivity index is 2.70. The summed E-state index contributed by atoms with van der Waals surface area (Å²) >= 11 is 0. The summed E-state index contributed by atoms with van der Waals surface area (Å²) in [6.07, 6.45) is 0.631. The van der Waals surface area contributed by atoms with E-state index in [2.05, 4.69) is 10.1 Å². The van der Waals surface area contributed by atoms with Gasteiger partial charge in [0, 0.05) is 6.04 Å². The molecular formula is C13H18FNO2. The number of benzene rings is 1. The molecule has 0 fully saturated rings. The molecule has 0 radical (unpaired) electrons. The number of carbonyl (C=O) groups excluding carboxylic acids is 1. The van der Waals surface area contributed by atoms with Crippen molar-refractivity contribution in [2.75, 3.05) is 7.11 Å². The topological polar surface area (TPSA) is 38.3 Å². The Morgan fingerprint density at radius 3 is 2.76 bits per heavy atom. The highest BCUT2D eigenvalue weighted by atomic mass is 19.1. The molecule has 0 spiro atoms. The summed E-state index contributed by atoms with van der Waals surface area (Å²) in [5.74, 6) is -0.571. The minimum absolute atomic E-state index is 0.102. The minimum atomic E-state index is -0.363. The summed E-state index contributed by atoms with van der Waals surface area (Å²) in [6.45, 7) is 3.78. The maximum absolute atomic E-state index is 13.1. The number of hydrogen-bond donors (Lipinski definition) is 1. The molecule has 0 aliphatic rings. The molecule has 0 aliphatic heterocycles. The number of nitrogens with one attached hydrogen (secondary N) is 1. The van der Waals surface area contributed by atoms with E-state index >= 15 is 0 Å². The van der Waals surface area contributed by atoms with Gasteiger partial charge in [-0.2, -0.15) is 0 Å². The molecule has 0 aromatic heterocycles. The standard InChI is InChI=1S/C13H18FNO2/c1-4-12(13(16)17-3)15-9(2)10-6-5-7-11(14)8-10/h5-9,12,15H,4H2,1-3H3. The molecule has 0 saturated heterocycles. The molecule has 0 amide bonds. The van der Waals surface area contributed by atoms with Gasteiger partial charge in [0.1, 0.15) is 11.9 Å². The Kier molecular flexibility index (Phi) is 5.10. The van der Waals surface area contributed by atoms with Gasteiger partial charge in [0.05, 0.1) is 7.11 Å². The highest BCUT2D eigenvalue weighted by Crippen LogP contribution is 2.15. The second-order valence-electron chi connectivity index (χ2n) is 3.93. The monoisotopic (exact) mass is 239 g/mol. The predicted molar refractivity (Wildman–Crippen MR) is 64.0 cm³/mol. The molecule has 3 nitrogen and oxygen atoms in total. The van der Waals surface area contributed by atoms with Crippen LogP contribution in [-0.2, 0) is 9.53 Å². The number of carbonyl (C=O) groups is 1. The quantitative estimate of drug-likeness (QED) is 0.802. The van der Waals surface area contributed by atoms with Crippen LogP contribution in [-0.4, -0.2) is 19.1 Å². The second-order valence-corrected chi connectivity index (χ2v) is 3.93. The van der Waals surface area contributed by atoms with Gasteiger partial charge in [-0.25, -0.2) is 4.39 Å². The van der Waals surface area contributed by atoms with Gasteiger partial charge in [-0.05, 0) is 31.0 Å². The first-order valence-electron chi connectivity index (χ1n) is 5.67. The first-order chi connectivity index (χ1) is 8.08. The normalized spacial score (nSPS) is 14.1. The molecule has 0 aliphatic carbocycles. The molecule has 1 aromatic rings. The van der Waals surface area contributed by atoms with Crippen LogP contribution in [0.1, 0.15) is 31.9 Å². The summed E-state index contributed by atoms with van der Waals surface area (Å²) in [6, 6.07) is 5.87. The van der Waals surface area contributed by atoms with Gasteiger partial charge in [-0.1, -0.05) is 19.1 Å². The fourth-order valence-electron chi connectivity index (χ4n) is 1.67. The van der Waals surface area contributed by atoms with Crippen LogP contribution in [0.25, 0.3) is 0 Å². The highest BCUT2D eigenvalue weighted by Gasteiger charge is 2.19. The highest BCUT2D eigenvalue weighted by molar-refractivity contribution is 5.75. The van der Waals surface area contributed by atoms with Crippen LogP contribution in [0.2, 0.25) is 0 Å². The van der Waals surface area contributed by atoms with Crippen molar-refractivity contribution in [2.45, 2.75) is 32.4 Å². The van der Waals surface area contributed by atoms with Crippen molar-refractivity contribution in [1.82, 2.24) is 5.32 Å². The van der Waals surface area contributed by atoms with Crippen molar-refractivity contribution >= 4 is 5.97 Å². The molecule has 1 N–H and O–H groups in total. The van der Waals surface area contributed by atoms with Gasteiger partial charge in [-0.3, -0.25) is 10.1 Å². The molecule has 0 heterocycles. The zero-order chi connectivity index (χ0) is 12.8. The first-order valence-corrected chi connectivity index (χ1v) is 5.67. The third kappa shape index (κ3) is 3.82. The van der Waals surface area contributed by atoms with Gasteiger partial charge in [0.25, 0.3) is 0 Å². The van der Waals surface area contributed by atoms with E-state index in [9.17, 15) is 9.18 Å². The van der Waals surface area contributed by atoms with Crippen LogP contribution in [0.3, 0.4) is 0 Å². The maximum Gasteiger partial charge on any atom is 0.322 e. The van der Waals surface area contributed by atoms with Crippen LogP contribution in [0.15, 0.2) is 24.3 Å². The second kappa shape index (κ2) is 6.35. The van der Waals surface area contributed by atoms with Crippen LogP contribution in [0.5, 0.6) is 0 Å². The average Bonchev–Trinajstić information content (AvgIpc) is 2.34. The summed E-state index contributed by atoms with van der Waals surface area (Å²) in [7, 11) is 1.36. The molecule has 4 heteroatoms. The first kappa shape index (κ1) is 13.6. The van der Waals surface area contributed by atoms with Crippen molar-refractivity contribution in [3.63, 3.8) is 0 Å². The Morgan fingerprint density at radius 1 is 1.53 bits per heavy atom. The molecular weight excluding hydrogens is 221 g/mol. The smallest absolute Gasteiger partial charge is 0.322 e. The number of hydrogen-bond acceptors (Lipinski definition) is 3. The van der Waals surface area contributed by atoms with Crippen LogP contribution in [0.4, 0.5) is 4.39 Å². The van der Waals surface area contributed by atoms with Crippen molar-refractivity contribution in [1.29, 1.82) is 0 Å². The lowest BCUT2D eigenvalue weighted by molar-refractivity contribution is -0.143. The number of methoxy groups -OCH3 is 1. The minimum Gasteiger partial charge on any atom is -0.468 e. The summed E-state index contributed by atoms with van der Waals surface area (Å²) in [4.78, 5) is 11.4. The summed E-state index contributed by atoms with van der Waals surface area (Å²) in [5, 5.41) is 3.12. The van der Waals surface area contributed by atoms with Crippen molar-refractivity contribution in [3.8, 4) is 0 Å². The lowest BCUT2D eigenvalue weighted by Gasteiger charge is -2.20. The fraction of sp³-hybridized carbons (Fsp3) is 0.462. The van der Waals surface area contributed by atoms with E-state index in [-0.39, 0.29) is 23.9 Å². The summed E-state index contributed by atoms with van der Waals surface area (Å²) < 4.78 is 17.7. The third-order valence-electron chi connectivity index (χ3n) is 2.69. The fourth-order valence-corrected chi connectivity index (χ4v) is 1.67. The zero-order valence-electron chi connectivity index (χ0n) is 10.4. The average molecular weight is 239 g/mol. The Morgan fingerprint density at radius 2 is 2.24 bits per heavy atom. The predicted octanol–water partition coefficient (Wildman–Crippen LogP) is 2.43. The van der Waals surface area contributed by atoms with E-state index in [1.165, 1.54) is 19.2 Å². The van der Waals surface area contributed by atoms with Crippen LogP contribution >= 0.6 is 0 Å². The molecule has 1 aromatic carbocycles. The van der Waals surface area contributed by atoms with Gasteiger partial charge >= 0.3 is 5.97 Å². The van der Waals surface area contributed by atoms with Gasteiger partial charge in [0.15, 0.2) is 0 Å². The SMILES string of the molecule is CCC(NC(C)c1cccc(F)c1)C(=O)OC. The lowest BCUT2D eigenvalue weighted by Crippen LogP contribution is -2.38. The molecule has 2 unspecified atom stereocenters. The largest absolute Gasteiger partial charge is 0.468 e. The molecule has 0 saturated carbocycles. The molecule has 0 bridgehead atoms. The van der Waals surface area contributed by atoms with Crippen molar-refractivity contribution < 1.29 is 13.9 Å². The van der Waals surface area contributed by atoms with Crippen molar-refractivity contribution in [3.05, 3.63) is 35.6 Å². The Hall–Kier alpha value is -1.42. The summed E-state index contributed by atoms with van der Waals surface area (Å²) in [5.41, 5.74) is 0.812. The van der Waals surface area contributed by atoms with E-state index in [0.717, 1.165) is 5.56 Å². The Labute approximate surface area is 101 Å². The van der Waals surface area contributed by atoms with Gasteiger partial charge < -0.3 is 4.74 Å². The molecule has 17 heavy (non-hydrogen) atoms. The van der Waals surface area contributed by atoms with E-state index in [0.29, 0.717) is 6.42 Å². The van der Waals surface area contributed by atoms with E-state index < -0.39 is 0 Å². The lowest BCUT2D eigenvalue weighted by atomic mass is 10.1. The molecule has 1 rings (SSSR count). The molecule has 2 atom stereocenters. The third-order valence-corrected chi connectivity index (χ3v) is 2.69. The van der Waals surface area contributed by atoms with E-state index in [1.807, 2.05) is 19.9 Å². The maximum atomic E-state index is 13.1. The van der Waals surface area contributed by atoms with E-state index in [4.69, 9.17) is 0 Å². The molecule has 94 valence electrons.